The molecule has 0 spiro atoms. The maximum atomic E-state index is 11.8. The Bertz CT molecular complexity index is 725. The van der Waals surface area contributed by atoms with Crippen LogP contribution in [0.15, 0.2) is 39.4 Å². The van der Waals surface area contributed by atoms with Crippen LogP contribution in [0.1, 0.15) is 13.8 Å². The van der Waals surface area contributed by atoms with Crippen LogP contribution in [0.3, 0.4) is 0 Å². The third-order valence-electron chi connectivity index (χ3n) is 2.62. The average molecular weight is 341 g/mol. The van der Waals surface area contributed by atoms with Crippen molar-refractivity contribution >= 4 is 33.2 Å². The predicted octanol–water partition coefficient (Wildman–Crippen LogP) is 0.680. The highest BCUT2D eigenvalue weighted by molar-refractivity contribution is 7.89. The fraction of sp³-hybridized carbons (Fsp3) is 0.308. The first-order valence-corrected chi connectivity index (χ1v) is 7.85. The maximum Gasteiger partial charge on any atom is 0.318 e. The molecule has 10 heteroatoms. The highest BCUT2D eigenvalue weighted by Crippen LogP contribution is 2.17. The van der Waals surface area contributed by atoms with Gasteiger partial charge in [-0.1, -0.05) is 0 Å². The van der Waals surface area contributed by atoms with Gasteiger partial charge in [0.05, 0.1) is 10.6 Å². The molecule has 0 amide bonds. The summed E-state index contributed by atoms with van der Waals surface area (Å²) in [6.45, 7) is 1.70. The van der Waals surface area contributed by atoms with Crippen LogP contribution in [0.5, 0.6) is 0 Å². The molecule has 0 atom stereocenters. The molecule has 1 aromatic rings. The van der Waals surface area contributed by atoms with Gasteiger partial charge in [-0.3, -0.25) is 14.4 Å². The summed E-state index contributed by atoms with van der Waals surface area (Å²) in [6, 6.07) is 3.85. The van der Waals surface area contributed by atoms with Crippen LogP contribution >= 0.6 is 0 Å². The number of carbonyl (C=O) groups is 3. The molecular formula is C13H15N3O6S. The van der Waals surface area contributed by atoms with Gasteiger partial charge < -0.3 is 5.11 Å². The van der Waals surface area contributed by atoms with Crippen molar-refractivity contribution in [2.75, 3.05) is 6.54 Å². The lowest BCUT2D eigenvalue weighted by molar-refractivity contribution is -0.135. The SMILES string of the molecule is CC(=O)C(N=Nc1ccc(S(=O)(=O)NCC(=O)O)cc1)C(C)=O. The van der Waals surface area contributed by atoms with E-state index in [2.05, 4.69) is 10.2 Å². The van der Waals surface area contributed by atoms with E-state index in [0.717, 1.165) is 0 Å². The van der Waals surface area contributed by atoms with Crippen LogP contribution in [-0.4, -0.2) is 43.6 Å². The van der Waals surface area contributed by atoms with Crippen molar-refractivity contribution < 1.29 is 27.9 Å². The van der Waals surface area contributed by atoms with Gasteiger partial charge >= 0.3 is 5.97 Å². The number of ketones is 2. The number of Topliss-reactive ketones (excluding diaryl/α,β-unsaturated/α-hetero) is 2. The van der Waals surface area contributed by atoms with E-state index < -0.39 is 40.1 Å². The molecule has 0 bridgehead atoms. The second-order valence-corrected chi connectivity index (χ2v) is 6.32. The van der Waals surface area contributed by atoms with Gasteiger partial charge in [0.2, 0.25) is 10.0 Å². The van der Waals surface area contributed by atoms with Gasteiger partial charge in [-0.2, -0.15) is 15.0 Å². The quantitative estimate of drug-likeness (QED) is 0.526. The number of azo groups is 1. The molecule has 0 radical (unpaired) electrons. The van der Waals surface area contributed by atoms with E-state index in [-0.39, 0.29) is 10.6 Å². The fourth-order valence-corrected chi connectivity index (χ4v) is 2.48. The second-order valence-electron chi connectivity index (χ2n) is 4.55. The number of hydrogen-bond donors (Lipinski definition) is 2. The summed E-state index contributed by atoms with van der Waals surface area (Å²) in [5, 5.41) is 15.8. The lowest BCUT2D eigenvalue weighted by atomic mass is 10.1. The van der Waals surface area contributed by atoms with Crippen molar-refractivity contribution in [3.8, 4) is 0 Å². The Morgan fingerprint density at radius 1 is 1.13 bits per heavy atom. The van der Waals surface area contributed by atoms with Crippen molar-refractivity contribution in [3.63, 3.8) is 0 Å². The molecule has 0 aliphatic heterocycles. The van der Waals surface area contributed by atoms with Crippen LogP contribution < -0.4 is 4.72 Å². The average Bonchev–Trinajstić information content (AvgIpc) is 2.45. The third-order valence-corrected chi connectivity index (χ3v) is 4.04. The molecule has 0 saturated carbocycles. The second kappa shape index (κ2) is 7.70. The molecule has 0 unspecified atom stereocenters. The monoisotopic (exact) mass is 341 g/mol. The lowest BCUT2D eigenvalue weighted by Gasteiger charge is -2.05. The molecule has 2 N–H and O–H groups in total. The molecule has 0 aliphatic rings. The van der Waals surface area contributed by atoms with Crippen molar-refractivity contribution in [1.82, 2.24) is 4.72 Å². The zero-order chi connectivity index (χ0) is 17.6. The van der Waals surface area contributed by atoms with Crippen molar-refractivity contribution in [2.45, 2.75) is 24.8 Å². The smallest absolute Gasteiger partial charge is 0.318 e. The van der Waals surface area contributed by atoms with Crippen molar-refractivity contribution in [1.29, 1.82) is 0 Å². The van der Waals surface area contributed by atoms with Gasteiger partial charge in [0.25, 0.3) is 0 Å². The van der Waals surface area contributed by atoms with Crippen molar-refractivity contribution in [2.24, 2.45) is 10.2 Å². The van der Waals surface area contributed by atoms with Crippen molar-refractivity contribution in [3.05, 3.63) is 24.3 Å². The molecule has 124 valence electrons. The summed E-state index contributed by atoms with van der Waals surface area (Å²) in [6.07, 6.45) is 0. The topological polar surface area (TPSA) is 142 Å². The van der Waals surface area contributed by atoms with E-state index in [1.807, 2.05) is 4.72 Å². The first-order chi connectivity index (χ1) is 10.6. The largest absolute Gasteiger partial charge is 0.480 e. The van der Waals surface area contributed by atoms with Gasteiger partial charge in [-0.05, 0) is 38.1 Å². The van der Waals surface area contributed by atoms with E-state index in [1.54, 1.807) is 0 Å². The number of nitrogens with one attached hydrogen (secondary N) is 1. The van der Waals surface area contributed by atoms with Crippen LogP contribution in [0.4, 0.5) is 5.69 Å². The van der Waals surface area contributed by atoms with Gasteiger partial charge in [0.15, 0.2) is 17.6 Å². The van der Waals surface area contributed by atoms with Gasteiger partial charge in [-0.15, -0.1) is 0 Å². The van der Waals surface area contributed by atoms with Crippen LogP contribution in [0.25, 0.3) is 0 Å². The van der Waals surface area contributed by atoms with Gasteiger partial charge in [0, 0.05) is 0 Å². The number of aliphatic carboxylic acids is 1. The fourth-order valence-electron chi connectivity index (χ4n) is 1.51. The normalized spacial score (nSPS) is 11.8. The molecule has 0 aliphatic carbocycles. The Morgan fingerprint density at radius 3 is 2.09 bits per heavy atom. The maximum absolute atomic E-state index is 11.8. The zero-order valence-corrected chi connectivity index (χ0v) is 13.2. The molecule has 0 heterocycles. The molecule has 1 rings (SSSR count). The molecule has 9 nitrogen and oxygen atoms in total. The van der Waals surface area contributed by atoms with E-state index in [4.69, 9.17) is 5.11 Å². The number of sulfonamides is 1. The molecule has 0 fully saturated rings. The Balaban J connectivity index is 2.90. The number of carboxylic acid groups (broad SMARTS) is 1. The minimum absolute atomic E-state index is 0.146. The standard InChI is InChI=1S/C13H15N3O6S/c1-8(17)13(9(2)18)16-15-10-3-5-11(6-4-10)23(21,22)14-7-12(19)20/h3-6,13-14H,7H2,1-2H3,(H,19,20). The Kier molecular flexibility index (Phi) is 6.22. The number of carbonyl (C=O) groups excluding carboxylic acids is 2. The van der Waals surface area contributed by atoms with E-state index >= 15 is 0 Å². The van der Waals surface area contributed by atoms with Crippen LogP contribution in [0, 0.1) is 0 Å². The molecule has 1 aromatic carbocycles. The predicted molar refractivity (Wildman–Crippen MR) is 78.9 cm³/mol. The van der Waals surface area contributed by atoms with Crippen LogP contribution in [-0.2, 0) is 24.4 Å². The summed E-state index contributed by atoms with van der Waals surface area (Å²) in [5.74, 6) is -2.20. The molecule has 0 aromatic heterocycles. The minimum Gasteiger partial charge on any atom is -0.480 e. The van der Waals surface area contributed by atoms with E-state index in [0.29, 0.717) is 0 Å². The molecule has 0 saturated heterocycles. The highest BCUT2D eigenvalue weighted by Gasteiger charge is 2.18. The van der Waals surface area contributed by atoms with Crippen LogP contribution in [0.2, 0.25) is 0 Å². The number of nitrogens with zero attached hydrogens (tertiary/aromatic N) is 2. The lowest BCUT2D eigenvalue weighted by Crippen LogP contribution is -2.29. The number of benzene rings is 1. The zero-order valence-electron chi connectivity index (χ0n) is 12.4. The Hall–Kier alpha value is -2.46. The van der Waals surface area contributed by atoms with E-state index in [1.165, 1.54) is 38.1 Å². The summed E-state index contributed by atoms with van der Waals surface area (Å²) >= 11 is 0. The number of rotatable bonds is 8. The summed E-state index contributed by atoms with van der Waals surface area (Å²) in [7, 11) is -3.94. The van der Waals surface area contributed by atoms with Gasteiger partial charge in [0.1, 0.15) is 6.54 Å². The third kappa shape index (κ3) is 5.68. The van der Waals surface area contributed by atoms with E-state index in [9.17, 15) is 22.8 Å². The number of hydrogen-bond acceptors (Lipinski definition) is 7. The highest BCUT2D eigenvalue weighted by atomic mass is 32.2. The Labute approximate surface area is 132 Å². The van der Waals surface area contributed by atoms with Gasteiger partial charge in [-0.25, -0.2) is 8.42 Å². The molecule has 23 heavy (non-hydrogen) atoms. The molecular weight excluding hydrogens is 326 g/mol. The first-order valence-electron chi connectivity index (χ1n) is 6.37. The Morgan fingerprint density at radius 2 is 1.65 bits per heavy atom. The number of carboxylic acids is 1. The minimum atomic E-state index is -3.94. The summed E-state index contributed by atoms with van der Waals surface area (Å²) in [5.41, 5.74) is 0.245. The first kappa shape index (κ1) is 18.6. The summed E-state index contributed by atoms with van der Waals surface area (Å²) < 4.78 is 25.5. The summed E-state index contributed by atoms with van der Waals surface area (Å²) in [4.78, 5) is 32.7.